The van der Waals surface area contributed by atoms with Gasteiger partial charge in [-0.15, -0.1) is 0 Å². The number of hydrogen-bond acceptors (Lipinski definition) is 1. The lowest BCUT2D eigenvalue weighted by Gasteiger charge is -2.17. The van der Waals surface area contributed by atoms with Gasteiger partial charge in [0.2, 0.25) is 5.91 Å². The minimum Gasteiger partial charge on any atom is -0.350 e. The first-order chi connectivity index (χ1) is 8.95. The van der Waals surface area contributed by atoms with E-state index in [2.05, 4.69) is 19.2 Å². The number of carbonyl (C=O) groups is 1. The zero-order chi connectivity index (χ0) is 13.6. The Kier molecular flexibility index (Phi) is 2.73. The molecule has 100 valence electrons. The number of rotatable bonds is 2. The van der Waals surface area contributed by atoms with Crippen LogP contribution in [0.3, 0.4) is 0 Å². The number of allylic oxidation sites excluding steroid dienone is 1. The fraction of sp³-hybridized carbons (Fsp3) is 0.438. The van der Waals surface area contributed by atoms with Crippen molar-refractivity contribution < 1.29 is 9.18 Å². The zero-order valence-corrected chi connectivity index (χ0v) is 11.3. The van der Waals surface area contributed by atoms with Crippen LogP contribution in [0.4, 0.5) is 4.39 Å². The topological polar surface area (TPSA) is 29.1 Å². The van der Waals surface area contributed by atoms with Crippen LogP contribution in [0, 0.1) is 5.82 Å². The zero-order valence-electron chi connectivity index (χ0n) is 11.3. The molecule has 0 atom stereocenters. The smallest absolute Gasteiger partial charge is 0.244 e. The van der Waals surface area contributed by atoms with E-state index in [0.29, 0.717) is 6.04 Å². The van der Waals surface area contributed by atoms with Gasteiger partial charge in [-0.3, -0.25) is 4.79 Å². The van der Waals surface area contributed by atoms with Crippen LogP contribution in [0.25, 0.3) is 5.57 Å². The number of amides is 1. The fourth-order valence-corrected chi connectivity index (χ4v) is 2.80. The third-order valence-electron chi connectivity index (χ3n) is 3.92. The largest absolute Gasteiger partial charge is 0.350 e. The van der Waals surface area contributed by atoms with Gasteiger partial charge in [-0.25, -0.2) is 4.39 Å². The molecule has 0 aliphatic heterocycles. The summed E-state index contributed by atoms with van der Waals surface area (Å²) in [6, 6.07) is 5.23. The van der Waals surface area contributed by atoms with Gasteiger partial charge < -0.3 is 5.32 Å². The minimum absolute atomic E-state index is 0.0330. The second-order valence-electron chi connectivity index (χ2n) is 6.20. The third-order valence-corrected chi connectivity index (χ3v) is 3.92. The van der Waals surface area contributed by atoms with Crippen molar-refractivity contribution in [1.29, 1.82) is 0 Å². The van der Waals surface area contributed by atoms with Gasteiger partial charge in [0.25, 0.3) is 0 Å². The Labute approximate surface area is 112 Å². The number of hydrogen-bond donors (Lipinski definition) is 1. The molecule has 0 heterocycles. The van der Waals surface area contributed by atoms with Gasteiger partial charge in [0, 0.05) is 12.1 Å². The van der Waals surface area contributed by atoms with Crippen molar-refractivity contribution in [1.82, 2.24) is 5.32 Å². The quantitative estimate of drug-likeness (QED) is 0.812. The molecule has 0 unspecified atom stereocenters. The standard InChI is InChI=1S/C16H18FNO/c1-16(2)9-10(7-15(19)18-12-4-5-12)13-8-11(17)3-6-14(13)16/h3,6-8,12H,4-5,9H2,1-2H3,(H,18,19)/b10-7-. The van der Waals surface area contributed by atoms with E-state index in [0.717, 1.165) is 36.0 Å². The SMILES string of the molecule is CC1(C)C/C(=C/C(=O)NC2CC2)c2cc(F)ccc21. The summed E-state index contributed by atoms with van der Waals surface area (Å²) in [6.45, 7) is 4.26. The number of halogens is 1. The van der Waals surface area contributed by atoms with Crippen LogP contribution in [-0.4, -0.2) is 11.9 Å². The molecular weight excluding hydrogens is 241 g/mol. The van der Waals surface area contributed by atoms with E-state index < -0.39 is 0 Å². The van der Waals surface area contributed by atoms with Crippen LogP contribution in [0.1, 0.15) is 44.2 Å². The molecule has 3 rings (SSSR count). The Hall–Kier alpha value is -1.64. The van der Waals surface area contributed by atoms with Crippen LogP contribution in [-0.2, 0) is 10.2 Å². The van der Waals surface area contributed by atoms with Gasteiger partial charge in [0.15, 0.2) is 0 Å². The Balaban J connectivity index is 1.94. The van der Waals surface area contributed by atoms with Crippen molar-refractivity contribution in [2.75, 3.05) is 0 Å². The molecule has 1 amide bonds. The first kappa shape index (κ1) is 12.4. The number of benzene rings is 1. The molecule has 2 aliphatic carbocycles. The van der Waals surface area contributed by atoms with E-state index in [4.69, 9.17) is 0 Å². The number of nitrogens with one attached hydrogen (secondary N) is 1. The maximum Gasteiger partial charge on any atom is 0.244 e. The van der Waals surface area contributed by atoms with E-state index in [1.165, 1.54) is 6.07 Å². The Morgan fingerprint density at radius 3 is 2.84 bits per heavy atom. The predicted octanol–water partition coefficient (Wildman–Crippen LogP) is 3.17. The fourth-order valence-electron chi connectivity index (χ4n) is 2.80. The van der Waals surface area contributed by atoms with Crippen LogP contribution in [0.15, 0.2) is 24.3 Å². The van der Waals surface area contributed by atoms with Crippen molar-refractivity contribution in [3.8, 4) is 0 Å². The van der Waals surface area contributed by atoms with E-state index in [-0.39, 0.29) is 17.1 Å². The lowest BCUT2D eigenvalue weighted by atomic mass is 9.86. The summed E-state index contributed by atoms with van der Waals surface area (Å²) >= 11 is 0. The molecule has 1 aromatic carbocycles. The van der Waals surface area contributed by atoms with Crippen molar-refractivity contribution in [2.24, 2.45) is 0 Å². The summed E-state index contributed by atoms with van der Waals surface area (Å²) in [4.78, 5) is 11.9. The first-order valence-corrected chi connectivity index (χ1v) is 6.77. The van der Waals surface area contributed by atoms with Crippen LogP contribution >= 0.6 is 0 Å². The predicted molar refractivity (Wildman–Crippen MR) is 73.2 cm³/mol. The molecule has 0 aromatic heterocycles. The lowest BCUT2D eigenvalue weighted by Crippen LogP contribution is -2.23. The number of fused-ring (bicyclic) bond motifs is 1. The second-order valence-corrected chi connectivity index (χ2v) is 6.20. The van der Waals surface area contributed by atoms with Crippen molar-refractivity contribution >= 4 is 11.5 Å². The molecule has 0 bridgehead atoms. The summed E-state index contributed by atoms with van der Waals surface area (Å²) in [6.07, 6.45) is 4.58. The molecular formula is C16H18FNO. The van der Waals surface area contributed by atoms with Gasteiger partial charge in [0.1, 0.15) is 5.82 Å². The average molecular weight is 259 g/mol. The molecule has 19 heavy (non-hydrogen) atoms. The van der Waals surface area contributed by atoms with Gasteiger partial charge in [0.05, 0.1) is 0 Å². The summed E-state index contributed by atoms with van der Waals surface area (Å²) in [5, 5.41) is 2.94. The molecule has 1 saturated carbocycles. The summed E-state index contributed by atoms with van der Waals surface area (Å²) in [5.41, 5.74) is 2.92. The van der Waals surface area contributed by atoms with E-state index in [1.54, 1.807) is 12.1 Å². The van der Waals surface area contributed by atoms with Crippen LogP contribution < -0.4 is 5.32 Å². The maximum absolute atomic E-state index is 13.4. The molecule has 1 N–H and O–H groups in total. The van der Waals surface area contributed by atoms with E-state index in [9.17, 15) is 9.18 Å². The highest BCUT2D eigenvalue weighted by Gasteiger charge is 2.34. The summed E-state index contributed by atoms with van der Waals surface area (Å²) in [5.74, 6) is -0.296. The van der Waals surface area contributed by atoms with Crippen LogP contribution in [0.2, 0.25) is 0 Å². The summed E-state index contributed by atoms with van der Waals surface area (Å²) in [7, 11) is 0. The molecule has 0 radical (unpaired) electrons. The highest BCUT2D eigenvalue weighted by molar-refractivity contribution is 5.97. The maximum atomic E-state index is 13.4. The second kappa shape index (κ2) is 4.19. The van der Waals surface area contributed by atoms with Gasteiger partial charge in [-0.05, 0) is 53.5 Å². The van der Waals surface area contributed by atoms with Crippen LogP contribution in [0.5, 0.6) is 0 Å². The Morgan fingerprint density at radius 1 is 1.42 bits per heavy atom. The first-order valence-electron chi connectivity index (χ1n) is 6.77. The van der Waals surface area contributed by atoms with Gasteiger partial charge >= 0.3 is 0 Å². The third kappa shape index (κ3) is 2.42. The summed E-state index contributed by atoms with van der Waals surface area (Å²) < 4.78 is 13.4. The molecule has 2 nitrogen and oxygen atoms in total. The highest BCUT2D eigenvalue weighted by atomic mass is 19.1. The van der Waals surface area contributed by atoms with Gasteiger partial charge in [-0.1, -0.05) is 19.9 Å². The number of carbonyl (C=O) groups excluding carboxylic acids is 1. The normalized spacial score (nSPS) is 22.4. The van der Waals surface area contributed by atoms with E-state index >= 15 is 0 Å². The molecule has 0 spiro atoms. The molecule has 0 saturated heterocycles. The minimum atomic E-state index is -0.245. The molecule has 1 aromatic rings. The van der Waals surface area contributed by atoms with Gasteiger partial charge in [-0.2, -0.15) is 0 Å². The molecule has 2 aliphatic rings. The highest BCUT2D eigenvalue weighted by Crippen LogP contribution is 2.45. The van der Waals surface area contributed by atoms with Crippen molar-refractivity contribution in [3.63, 3.8) is 0 Å². The lowest BCUT2D eigenvalue weighted by molar-refractivity contribution is -0.116. The Morgan fingerprint density at radius 2 is 2.16 bits per heavy atom. The molecule has 1 fully saturated rings. The average Bonchev–Trinajstić information content (AvgIpc) is 3.07. The van der Waals surface area contributed by atoms with E-state index in [1.807, 2.05) is 6.07 Å². The van der Waals surface area contributed by atoms with Crippen molar-refractivity contribution in [2.45, 2.75) is 44.6 Å². The Bertz CT molecular complexity index is 570. The molecule has 3 heteroatoms. The van der Waals surface area contributed by atoms with Crippen molar-refractivity contribution in [3.05, 3.63) is 41.2 Å². The monoisotopic (exact) mass is 259 g/mol.